The van der Waals surface area contributed by atoms with Gasteiger partial charge in [-0.05, 0) is 62.7 Å². The van der Waals surface area contributed by atoms with Crippen molar-refractivity contribution in [1.82, 2.24) is 10.2 Å². The predicted molar refractivity (Wildman–Crippen MR) is 111 cm³/mol. The van der Waals surface area contributed by atoms with Crippen LogP contribution in [0.25, 0.3) is 0 Å². The van der Waals surface area contributed by atoms with E-state index in [4.69, 9.17) is 0 Å². The molecule has 6 atom stereocenters. The normalized spacial score (nSPS) is 42.7. The Kier molecular flexibility index (Phi) is 5.01. The molecular weight excluding hydrogens is 316 g/mol. The monoisotopic (exact) mass is 360 g/mol. The molecule has 1 N–H and O–H groups in total. The summed E-state index contributed by atoms with van der Waals surface area (Å²) in [6, 6.07) is 1.52. The molecule has 2 heterocycles. The summed E-state index contributed by atoms with van der Waals surface area (Å²) in [5.41, 5.74) is 0.594. The average Bonchev–Trinajstić information content (AvgIpc) is 3.08. The lowest BCUT2D eigenvalue weighted by Crippen LogP contribution is -2.58. The fraction of sp³-hybridized carbons (Fsp3) is 1.00. The quantitative estimate of drug-likeness (QED) is 0.634. The molecule has 0 aromatic carbocycles. The molecule has 0 aromatic rings. The Balaban J connectivity index is 1.75. The molecule has 0 amide bonds. The average molecular weight is 361 g/mol. The van der Waals surface area contributed by atoms with Crippen molar-refractivity contribution in [2.24, 2.45) is 29.1 Å². The molecule has 2 nitrogen and oxygen atoms in total. The fourth-order valence-corrected chi connectivity index (χ4v) is 7.64. The second kappa shape index (κ2) is 6.76. The Morgan fingerprint density at radius 3 is 1.96 bits per heavy atom. The number of fused-ring (bicyclic) bond motifs is 3. The van der Waals surface area contributed by atoms with Gasteiger partial charge in [0.2, 0.25) is 0 Å². The lowest BCUT2D eigenvalue weighted by Gasteiger charge is -2.49. The third-order valence-corrected chi connectivity index (χ3v) is 8.33. The van der Waals surface area contributed by atoms with E-state index in [1.54, 1.807) is 0 Å². The van der Waals surface area contributed by atoms with Gasteiger partial charge >= 0.3 is 0 Å². The van der Waals surface area contributed by atoms with Gasteiger partial charge in [-0.25, -0.2) is 0 Å². The van der Waals surface area contributed by atoms with Crippen molar-refractivity contribution in [3.8, 4) is 0 Å². The van der Waals surface area contributed by atoms with Gasteiger partial charge in [0.25, 0.3) is 0 Å². The van der Waals surface area contributed by atoms with Gasteiger partial charge in [-0.1, -0.05) is 65.7 Å². The number of likely N-dealkylation sites (tertiary alicyclic amines) is 1. The van der Waals surface area contributed by atoms with Gasteiger partial charge < -0.3 is 0 Å². The van der Waals surface area contributed by atoms with Gasteiger partial charge in [0.15, 0.2) is 0 Å². The Morgan fingerprint density at radius 1 is 0.731 bits per heavy atom. The maximum atomic E-state index is 4.21. The van der Waals surface area contributed by atoms with Crippen molar-refractivity contribution in [1.29, 1.82) is 0 Å². The zero-order valence-electron chi connectivity index (χ0n) is 18.4. The van der Waals surface area contributed by atoms with Gasteiger partial charge in [-0.15, -0.1) is 0 Å². The number of hydrogen-bond donors (Lipinski definition) is 1. The van der Waals surface area contributed by atoms with Gasteiger partial charge in [0.1, 0.15) is 0 Å². The van der Waals surface area contributed by atoms with E-state index >= 15 is 0 Å². The van der Waals surface area contributed by atoms with Crippen LogP contribution in [-0.4, -0.2) is 28.7 Å². The van der Waals surface area contributed by atoms with Crippen LogP contribution in [0.2, 0.25) is 0 Å². The molecule has 0 spiro atoms. The van der Waals surface area contributed by atoms with Crippen molar-refractivity contribution >= 4 is 0 Å². The molecule has 0 aromatic heterocycles. The van der Waals surface area contributed by atoms with E-state index in [1.807, 2.05) is 0 Å². The van der Waals surface area contributed by atoms with Crippen molar-refractivity contribution in [3.05, 3.63) is 0 Å². The highest BCUT2D eigenvalue weighted by Gasteiger charge is 2.63. The summed E-state index contributed by atoms with van der Waals surface area (Å²) in [6.45, 7) is 15.0. The summed E-state index contributed by atoms with van der Waals surface area (Å²) >= 11 is 0. The van der Waals surface area contributed by atoms with Crippen molar-refractivity contribution in [3.63, 3.8) is 0 Å². The zero-order chi connectivity index (χ0) is 18.7. The molecule has 2 saturated carbocycles. The molecule has 2 aliphatic carbocycles. The highest BCUT2D eigenvalue weighted by molar-refractivity contribution is 5.14. The molecule has 2 heteroatoms. The predicted octanol–water partition coefficient (Wildman–Crippen LogP) is 5.82. The summed E-state index contributed by atoms with van der Waals surface area (Å²) in [6.07, 6.45) is 13.9. The van der Waals surface area contributed by atoms with Crippen molar-refractivity contribution in [2.45, 2.75) is 123 Å². The van der Waals surface area contributed by atoms with Gasteiger partial charge in [0.05, 0.1) is 6.17 Å². The van der Waals surface area contributed by atoms with Crippen LogP contribution in [-0.2, 0) is 0 Å². The molecule has 4 fully saturated rings. The lowest BCUT2D eigenvalue weighted by atomic mass is 9.63. The SMILES string of the molecule is CC(C)(C)C1C(C2CCCCC2)C2C3CCCCC3NC2N1C(C)(C)C. The minimum Gasteiger partial charge on any atom is -0.298 e. The van der Waals surface area contributed by atoms with E-state index < -0.39 is 0 Å². The third kappa shape index (κ3) is 3.17. The molecule has 4 aliphatic rings. The Labute approximate surface area is 162 Å². The van der Waals surface area contributed by atoms with Gasteiger partial charge in [-0.3, -0.25) is 10.2 Å². The molecule has 2 saturated heterocycles. The first-order valence-corrected chi connectivity index (χ1v) is 11.7. The molecule has 0 radical (unpaired) electrons. The summed E-state index contributed by atoms with van der Waals surface area (Å²) in [4.78, 5) is 2.97. The molecular formula is C24H44N2. The van der Waals surface area contributed by atoms with Gasteiger partial charge in [0, 0.05) is 17.6 Å². The highest BCUT2D eigenvalue weighted by Crippen LogP contribution is 2.58. The second-order valence-electron chi connectivity index (χ2n) is 12.1. The van der Waals surface area contributed by atoms with Crippen molar-refractivity contribution in [2.75, 3.05) is 0 Å². The number of rotatable bonds is 1. The van der Waals surface area contributed by atoms with Gasteiger partial charge in [-0.2, -0.15) is 0 Å². The maximum absolute atomic E-state index is 4.21. The van der Waals surface area contributed by atoms with E-state index in [0.717, 1.165) is 35.8 Å². The number of nitrogens with one attached hydrogen (secondary N) is 1. The number of nitrogens with zero attached hydrogens (tertiary/aromatic N) is 1. The molecule has 2 aliphatic heterocycles. The minimum absolute atomic E-state index is 0.241. The topological polar surface area (TPSA) is 15.3 Å². The van der Waals surface area contributed by atoms with Crippen LogP contribution in [0, 0.1) is 29.1 Å². The van der Waals surface area contributed by atoms with Crippen LogP contribution >= 0.6 is 0 Å². The van der Waals surface area contributed by atoms with Crippen LogP contribution in [0.4, 0.5) is 0 Å². The van der Waals surface area contributed by atoms with Crippen LogP contribution in [0.5, 0.6) is 0 Å². The lowest BCUT2D eigenvalue weighted by molar-refractivity contribution is -0.0108. The van der Waals surface area contributed by atoms with E-state index in [1.165, 1.54) is 57.8 Å². The summed E-state index contributed by atoms with van der Waals surface area (Å²) in [5.74, 6) is 3.71. The van der Waals surface area contributed by atoms with E-state index in [0.29, 0.717) is 11.6 Å². The van der Waals surface area contributed by atoms with E-state index in [9.17, 15) is 0 Å². The molecule has 150 valence electrons. The van der Waals surface area contributed by atoms with E-state index in [-0.39, 0.29) is 5.54 Å². The third-order valence-electron chi connectivity index (χ3n) is 8.33. The second-order valence-corrected chi connectivity index (χ2v) is 12.1. The summed E-state index contributed by atoms with van der Waals surface area (Å²) in [7, 11) is 0. The maximum Gasteiger partial charge on any atom is 0.0642 e. The largest absolute Gasteiger partial charge is 0.298 e. The van der Waals surface area contributed by atoms with Crippen LogP contribution < -0.4 is 5.32 Å². The molecule has 26 heavy (non-hydrogen) atoms. The van der Waals surface area contributed by atoms with Crippen LogP contribution in [0.3, 0.4) is 0 Å². The Bertz CT molecular complexity index is 493. The van der Waals surface area contributed by atoms with Crippen LogP contribution in [0.1, 0.15) is 99.3 Å². The van der Waals surface area contributed by atoms with E-state index in [2.05, 4.69) is 51.8 Å². The molecule has 0 bridgehead atoms. The number of hydrogen-bond acceptors (Lipinski definition) is 2. The van der Waals surface area contributed by atoms with Crippen molar-refractivity contribution < 1.29 is 0 Å². The fourth-order valence-electron chi connectivity index (χ4n) is 7.64. The first-order valence-electron chi connectivity index (χ1n) is 11.7. The van der Waals surface area contributed by atoms with Crippen LogP contribution in [0.15, 0.2) is 0 Å². The first-order chi connectivity index (χ1) is 12.2. The standard InChI is InChI=1S/C24H44N2/c1-23(2,3)21-19(16-12-8-7-9-13-16)20-17-14-10-11-15-18(17)25-22(20)26(21)24(4,5)6/h16-22,25H,7-15H2,1-6H3. The molecule has 6 unspecified atom stereocenters. The minimum atomic E-state index is 0.241. The zero-order valence-corrected chi connectivity index (χ0v) is 18.4. The smallest absolute Gasteiger partial charge is 0.0642 e. The Hall–Kier alpha value is -0.0800. The highest BCUT2D eigenvalue weighted by atomic mass is 15.4. The summed E-state index contributed by atoms with van der Waals surface area (Å²) in [5, 5.41) is 4.21. The molecule has 4 rings (SSSR count). The summed E-state index contributed by atoms with van der Waals surface area (Å²) < 4.78 is 0. The Morgan fingerprint density at radius 2 is 1.35 bits per heavy atom. The first kappa shape index (κ1) is 19.2.